The van der Waals surface area contributed by atoms with E-state index in [1.54, 1.807) is 0 Å². The lowest BCUT2D eigenvalue weighted by atomic mass is 9.79. The zero-order chi connectivity index (χ0) is 16.3. The lowest BCUT2D eigenvalue weighted by molar-refractivity contribution is -0.125. The van der Waals surface area contributed by atoms with Crippen molar-refractivity contribution >= 4 is 24.2 Å². The van der Waals surface area contributed by atoms with Crippen LogP contribution in [-0.4, -0.2) is 16.1 Å². The minimum Gasteiger partial charge on any atom is -0.504 e. The van der Waals surface area contributed by atoms with Crippen LogP contribution in [0.5, 0.6) is 11.5 Å². The molecule has 122 valence electrons. The van der Waals surface area contributed by atoms with E-state index in [0.29, 0.717) is 16.5 Å². The van der Waals surface area contributed by atoms with Gasteiger partial charge in [0.2, 0.25) is 5.91 Å². The van der Waals surface area contributed by atoms with Crippen molar-refractivity contribution in [1.82, 2.24) is 0 Å². The van der Waals surface area contributed by atoms with E-state index in [0.717, 1.165) is 38.5 Å². The van der Waals surface area contributed by atoms with Gasteiger partial charge in [-0.15, -0.1) is 12.6 Å². The summed E-state index contributed by atoms with van der Waals surface area (Å²) < 4.78 is 0. The molecule has 0 saturated heterocycles. The summed E-state index contributed by atoms with van der Waals surface area (Å²) in [4.78, 5) is 13.3. The number of phenols is 2. The molecule has 1 amide bonds. The van der Waals surface area contributed by atoms with Crippen LogP contribution in [0, 0.1) is 11.3 Å². The van der Waals surface area contributed by atoms with E-state index < -0.39 is 0 Å². The van der Waals surface area contributed by atoms with Gasteiger partial charge in [-0.2, -0.15) is 0 Å². The second-order valence-corrected chi connectivity index (χ2v) is 7.21. The number of phenolic OH excluding ortho intramolecular Hbond substituents is 2. The number of carbonyl (C=O) groups is 1. The molecule has 1 aromatic carbocycles. The van der Waals surface area contributed by atoms with Crippen molar-refractivity contribution in [2.45, 2.75) is 57.3 Å². The predicted octanol–water partition coefficient (Wildman–Crippen LogP) is 4.32. The Morgan fingerprint density at radius 3 is 2.45 bits per heavy atom. The average molecular weight is 323 g/mol. The molecule has 0 bridgehead atoms. The molecule has 0 atom stereocenters. The van der Waals surface area contributed by atoms with Crippen molar-refractivity contribution in [3.8, 4) is 11.5 Å². The minimum atomic E-state index is -0.308. The number of aromatic hydroxyl groups is 2. The number of nitrogens with one attached hydrogen (secondary N) is 1. The first-order valence-electron chi connectivity index (χ1n) is 7.90. The predicted molar refractivity (Wildman–Crippen MR) is 90.6 cm³/mol. The molecule has 1 aromatic rings. The van der Waals surface area contributed by atoms with Gasteiger partial charge in [-0.1, -0.05) is 26.7 Å². The third-order valence-corrected chi connectivity index (χ3v) is 4.95. The molecule has 5 heteroatoms. The third kappa shape index (κ3) is 3.69. The molecule has 2 rings (SSSR count). The van der Waals surface area contributed by atoms with Crippen molar-refractivity contribution in [2.24, 2.45) is 11.3 Å². The first kappa shape index (κ1) is 17.0. The summed E-state index contributed by atoms with van der Waals surface area (Å²) in [6, 6.07) is 2.68. The van der Waals surface area contributed by atoms with E-state index >= 15 is 0 Å². The first-order chi connectivity index (χ1) is 10.3. The van der Waals surface area contributed by atoms with Gasteiger partial charge in [0.05, 0.1) is 5.69 Å². The van der Waals surface area contributed by atoms with Crippen LogP contribution in [0.4, 0.5) is 5.69 Å². The molecule has 1 fully saturated rings. The fourth-order valence-corrected chi connectivity index (χ4v) is 3.37. The quantitative estimate of drug-likeness (QED) is 0.370. The fourth-order valence-electron chi connectivity index (χ4n) is 3.13. The molecule has 0 aliphatic heterocycles. The van der Waals surface area contributed by atoms with Gasteiger partial charge in [-0.05, 0) is 37.7 Å². The van der Waals surface area contributed by atoms with E-state index in [9.17, 15) is 15.0 Å². The Labute approximate surface area is 137 Å². The van der Waals surface area contributed by atoms with Crippen LogP contribution in [-0.2, 0) is 4.79 Å². The van der Waals surface area contributed by atoms with Gasteiger partial charge >= 0.3 is 0 Å². The van der Waals surface area contributed by atoms with Crippen LogP contribution in [0.1, 0.15) is 52.4 Å². The van der Waals surface area contributed by atoms with Gasteiger partial charge in [0.15, 0.2) is 11.5 Å². The maximum Gasteiger partial charge on any atom is 0.230 e. The molecule has 0 radical (unpaired) electrons. The van der Waals surface area contributed by atoms with E-state index in [1.165, 1.54) is 12.1 Å². The second kappa shape index (κ2) is 6.82. The molecule has 0 spiro atoms. The second-order valence-electron chi connectivity index (χ2n) is 6.73. The van der Waals surface area contributed by atoms with Crippen molar-refractivity contribution in [3.05, 3.63) is 12.1 Å². The van der Waals surface area contributed by atoms with Crippen molar-refractivity contribution in [1.29, 1.82) is 0 Å². The Morgan fingerprint density at radius 1 is 1.27 bits per heavy atom. The number of thiol groups is 1. The number of hydrogen-bond donors (Lipinski definition) is 4. The molecular weight excluding hydrogens is 298 g/mol. The SMILES string of the molecule is CC(C)CCC1(C(=O)Nc2cc(O)c(O)cc2S)CCCC1. The Bertz CT molecular complexity index is 551. The number of benzene rings is 1. The maximum atomic E-state index is 12.8. The van der Waals surface area contributed by atoms with E-state index in [4.69, 9.17) is 0 Å². The van der Waals surface area contributed by atoms with Crippen LogP contribution in [0.25, 0.3) is 0 Å². The summed E-state index contributed by atoms with van der Waals surface area (Å²) in [5.41, 5.74) is 0.136. The average Bonchev–Trinajstić information content (AvgIpc) is 2.92. The molecule has 1 aliphatic rings. The third-order valence-electron chi connectivity index (χ3n) is 4.58. The maximum absolute atomic E-state index is 12.8. The van der Waals surface area contributed by atoms with Crippen LogP contribution in [0.15, 0.2) is 17.0 Å². The number of hydrogen-bond acceptors (Lipinski definition) is 4. The zero-order valence-electron chi connectivity index (χ0n) is 13.2. The van der Waals surface area contributed by atoms with Crippen LogP contribution in [0.3, 0.4) is 0 Å². The van der Waals surface area contributed by atoms with E-state index in [2.05, 4.69) is 31.8 Å². The molecule has 1 saturated carbocycles. The Hall–Kier alpha value is -1.36. The molecule has 1 aliphatic carbocycles. The highest BCUT2D eigenvalue weighted by molar-refractivity contribution is 7.80. The molecule has 3 N–H and O–H groups in total. The normalized spacial score (nSPS) is 16.9. The Kier molecular flexibility index (Phi) is 5.27. The van der Waals surface area contributed by atoms with Gasteiger partial charge in [0.1, 0.15) is 0 Å². The highest BCUT2D eigenvalue weighted by Gasteiger charge is 2.40. The molecule has 0 aromatic heterocycles. The summed E-state index contributed by atoms with van der Waals surface area (Å²) in [5, 5.41) is 22.0. The van der Waals surface area contributed by atoms with Gasteiger partial charge in [-0.25, -0.2) is 0 Å². The van der Waals surface area contributed by atoms with Crippen molar-refractivity contribution in [3.63, 3.8) is 0 Å². The highest BCUT2D eigenvalue weighted by atomic mass is 32.1. The van der Waals surface area contributed by atoms with Gasteiger partial charge < -0.3 is 15.5 Å². The standard InChI is InChI=1S/C17H25NO3S/c1-11(2)5-8-17(6-3-4-7-17)16(21)18-12-9-13(19)14(20)10-15(12)22/h9-11,19-20,22H,3-8H2,1-2H3,(H,18,21). The number of amides is 1. The Balaban J connectivity index is 2.16. The van der Waals surface area contributed by atoms with Crippen molar-refractivity contribution in [2.75, 3.05) is 5.32 Å². The van der Waals surface area contributed by atoms with E-state index in [1.807, 2.05) is 0 Å². The molecule has 0 heterocycles. The van der Waals surface area contributed by atoms with E-state index in [-0.39, 0.29) is 22.8 Å². The monoisotopic (exact) mass is 323 g/mol. The largest absolute Gasteiger partial charge is 0.504 e. The smallest absolute Gasteiger partial charge is 0.230 e. The first-order valence-corrected chi connectivity index (χ1v) is 8.35. The number of anilines is 1. The summed E-state index contributed by atoms with van der Waals surface area (Å²) in [5.74, 6) is 0.0867. The minimum absolute atomic E-state index is 0.00559. The van der Waals surface area contributed by atoms with Crippen molar-refractivity contribution < 1.29 is 15.0 Å². The topological polar surface area (TPSA) is 69.6 Å². The van der Waals surface area contributed by atoms with Crippen LogP contribution in [0.2, 0.25) is 0 Å². The fraction of sp³-hybridized carbons (Fsp3) is 0.588. The number of rotatable bonds is 5. The Morgan fingerprint density at radius 2 is 1.86 bits per heavy atom. The van der Waals surface area contributed by atoms with Crippen LogP contribution >= 0.6 is 12.6 Å². The van der Waals surface area contributed by atoms with Crippen LogP contribution < -0.4 is 5.32 Å². The molecule has 22 heavy (non-hydrogen) atoms. The summed E-state index contributed by atoms with van der Waals surface area (Å²) in [6.07, 6.45) is 5.92. The highest BCUT2D eigenvalue weighted by Crippen LogP contribution is 2.44. The van der Waals surface area contributed by atoms with Gasteiger partial charge in [-0.3, -0.25) is 4.79 Å². The summed E-state index contributed by atoms with van der Waals surface area (Å²) in [7, 11) is 0. The summed E-state index contributed by atoms with van der Waals surface area (Å²) in [6.45, 7) is 4.34. The lowest BCUT2D eigenvalue weighted by Crippen LogP contribution is -2.34. The molecular formula is C17H25NO3S. The molecule has 0 unspecified atom stereocenters. The van der Waals surface area contributed by atoms with Gasteiger partial charge in [0.25, 0.3) is 0 Å². The zero-order valence-corrected chi connectivity index (χ0v) is 14.1. The lowest BCUT2D eigenvalue weighted by Gasteiger charge is -2.28. The summed E-state index contributed by atoms with van der Waals surface area (Å²) >= 11 is 4.26. The number of carbonyl (C=O) groups excluding carboxylic acids is 1. The molecule has 4 nitrogen and oxygen atoms in total. The van der Waals surface area contributed by atoms with Gasteiger partial charge in [0, 0.05) is 16.4 Å².